The van der Waals surface area contributed by atoms with Gasteiger partial charge in [0, 0.05) is 17.9 Å². The van der Waals surface area contributed by atoms with Crippen LogP contribution < -0.4 is 20.1 Å². The van der Waals surface area contributed by atoms with Crippen molar-refractivity contribution in [2.75, 3.05) is 19.0 Å². The molecule has 238 valence electrons. The maximum Gasteiger partial charge on any atom is 0.308 e. The summed E-state index contributed by atoms with van der Waals surface area (Å²) in [4.78, 5) is 43.6. The van der Waals surface area contributed by atoms with Gasteiger partial charge in [0.05, 0.1) is 42.9 Å². The minimum atomic E-state index is -1.80. The summed E-state index contributed by atoms with van der Waals surface area (Å²) in [5, 5.41) is 4.30. The Morgan fingerprint density at radius 2 is 1.77 bits per heavy atom. The highest BCUT2D eigenvalue weighted by atomic mass is 31.1. The van der Waals surface area contributed by atoms with Gasteiger partial charge in [-0.25, -0.2) is 4.39 Å². The van der Waals surface area contributed by atoms with Crippen LogP contribution >= 0.6 is 18.5 Å². The first-order chi connectivity index (χ1) is 21.0. The van der Waals surface area contributed by atoms with Crippen LogP contribution in [0.25, 0.3) is 0 Å². The minimum absolute atomic E-state index is 0.0730. The van der Waals surface area contributed by atoms with E-state index in [2.05, 4.69) is 34.1 Å². The number of methoxy groups -OCH3 is 1. The van der Waals surface area contributed by atoms with Gasteiger partial charge in [-0.2, -0.15) is 0 Å². The molecule has 0 radical (unpaired) electrons. The average Bonchev–Trinajstić information content (AvgIpc) is 3.60. The van der Waals surface area contributed by atoms with Crippen LogP contribution in [0, 0.1) is 30.6 Å². The maximum atomic E-state index is 14.4. The number of aryl methyl sites for hydroxylation is 1. The SMILES string of the molecule is CCOC(=O)[C@H]1CC[C@@H](Oc2cc(C(=O)N[C@@H]3[C@H]4CC[C@H](C4)[C@@H]3C(=O)Nc3ccnc(C(F)(P)P)c3)c(OC)cc2C)CC1. The standard InChI is InChI=1S/C32H42FN3O6P2/c1-4-41-31(39)18-7-9-22(10-8-18)42-24-16-23(25(40-3)13-17(24)2)29(37)36-28-20-6-5-19(14-20)27(28)30(38)35-21-11-12-34-26(15-21)32(33,43)44/h11-13,15-16,18-20,22,27-28H,4-10,14,43-44H2,1-3H3,(H,36,37)(H,34,35,38)/t18-,19-,20+,22+,27+,28-/m1/s1. The third-order valence-corrected chi connectivity index (χ3v) is 9.86. The Morgan fingerprint density at radius 3 is 2.45 bits per heavy atom. The van der Waals surface area contributed by atoms with E-state index >= 15 is 0 Å². The van der Waals surface area contributed by atoms with Crippen LogP contribution in [0.4, 0.5) is 10.1 Å². The quantitative estimate of drug-likeness (QED) is 0.259. The summed E-state index contributed by atoms with van der Waals surface area (Å²) in [6.45, 7) is 4.10. The third kappa shape index (κ3) is 7.18. The second-order valence-corrected chi connectivity index (χ2v) is 14.6. The van der Waals surface area contributed by atoms with Gasteiger partial charge in [-0.15, -0.1) is 0 Å². The molecule has 1 heterocycles. The van der Waals surface area contributed by atoms with Crippen molar-refractivity contribution in [3.8, 4) is 11.5 Å². The average molecular weight is 646 g/mol. The number of nitrogens with one attached hydrogen (secondary N) is 2. The van der Waals surface area contributed by atoms with Crippen LogP contribution in [0.1, 0.15) is 73.5 Å². The molecule has 2 aromatic rings. The van der Waals surface area contributed by atoms with E-state index in [4.69, 9.17) is 14.2 Å². The zero-order valence-corrected chi connectivity index (χ0v) is 27.7. The molecule has 1 aromatic carbocycles. The Kier molecular flexibility index (Phi) is 10.1. The van der Waals surface area contributed by atoms with Crippen molar-refractivity contribution in [2.45, 2.75) is 76.1 Å². The van der Waals surface area contributed by atoms with Gasteiger partial charge in [0.1, 0.15) is 11.5 Å². The summed E-state index contributed by atoms with van der Waals surface area (Å²) in [7, 11) is 5.68. The predicted molar refractivity (Wildman–Crippen MR) is 171 cm³/mol. The predicted octanol–water partition coefficient (Wildman–Crippen LogP) is 5.51. The van der Waals surface area contributed by atoms with Crippen molar-refractivity contribution in [3.63, 3.8) is 0 Å². The number of carbonyl (C=O) groups is 3. The summed E-state index contributed by atoms with van der Waals surface area (Å²) in [5.74, 6) is 0.168. The Balaban J connectivity index is 1.29. The number of nitrogens with zero attached hydrogens (tertiary/aromatic N) is 1. The van der Waals surface area contributed by atoms with Crippen LogP contribution in [-0.2, 0) is 19.5 Å². The minimum Gasteiger partial charge on any atom is -0.496 e. The summed E-state index contributed by atoms with van der Waals surface area (Å²) in [6.07, 6.45) is 6.95. The number of anilines is 1. The number of esters is 1. The fourth-order valence-corrected chi connectivity index (χ4v) is 7.36. The fraction of sp³-hybridized carbons (Fsp3) is 0.562. The van der Waals surface area contributed by atoms with Crippen molar-refractivity contribution in [1.82, 2.24) is 10.3 Å². The number of benzene rings is 1. The van der Waals surface area contributed by atoms with Gasteiger partial charge >= 0.3 is 5.97 Å². The Labute approximate surface area is 262 Å². The zero-order valence-electron chi connectivity index (χ0n) is 25.4. The van der Waals surface area contributed by atoms with Gasteiger partial charge in [0.2, 0.25) is 5.91 Å². The summed E-state index contributed by atoms with van der Waals surface area (Å²) < 4.78 is 31.5. The zero-order chi connectivity index (χ0) is 31.6. The second-order valence-electron chi connectivity index (χ2n) is 12.2. The lowest BCUT2D eigenvalue weighted by atomic mass is 9.83. The smallest absolute Gasteiger partial charge is 0.308 e. The number of hydrogen-bond donors (Lipinski definition) is 2. The van der Waals surface area contributed by atoms with Gasteiger partial charge in [-0.1, -0.05) is 18.5 Å². The number of pyridine rings is 1. The molecule has 12 heteroatoms. The molecule has 3 aliphatic rings. The molecule has 3 saturated carbocycles. The van der Waals surface area contributed by atoms with Gasteiger partial charge < -0.3 is 24.8 Å². The van der Waals surface area contributed by atoms with Crippen molar-refractivity contribution < 1.29 is 33.0 Å². The highest BCUT2D eigenvalue weighted by Gasteiger charge is 2.51. The lowest BCUT2D eigenvalue weighted by molar-refractivity contribution is -0.149. The van der Waals surface area contributed by atoms with Crippen LogP contribution in [0.2, 0.25) is 0 Å². The van der Waals surface area contributed by atoms with Gasteiger partial charge in [0.25, 0.3) is 5.91 Å². The van der Waals surface area contributed by atoms with Crippen LogP contribution in [0.3, 0.4) is 0 Å². The number of halogens is 1. The molecule has 5 rings (SSSR count). The molecule has 9 nitrogen and oxygen atoms in total. The maximum absolute atomic E-state index is 14.4. The normalized spacial score (nSPS) is 26.1. The largest absolute Gasteiger partial charge is 0.496 e. The molecule has 2 bridgehead atoms. The van der Waals surface area contributed by atoms with Gasteiger partial charge in [-0.3, -0.25) is 19.4 Å². The lowest BCUT2D eigenvalue weighted by Crippen LogP contribution is -2.48. The number of carbonyl (C=O) groups excluding carboxylic acids is 3. The topological polar surface area (TPSA) is 116 Å². The highest BCUT2D eigenvalue weighted by Crippen LogP contribution is 2.49. The van der Waals surface area contributed by atoms with Crippen LogP contribution in [0.5, 0.6) is 11.5 Å². The number of hydrogen-bond acceptors (Lipinski definition) is 7. The summed E-state index contributed by atoms with van der Waals surface area (Å²) in [6, 6.07) is 6.31. The van der Waals surface area contributed by atoms with Crippen LogP contribution in [0.15, 0.2) is 30.5 Å². The van der Waals surface area contributed by atoms with E-state index in [0.717, 1.165) is 37.7 Å². The van der Waals surface area contributed by atoms with Gasteiger partial charge in [0.15, 0.2) is 5.15 Å². The van der Waals surface area contributed by atoms with E-state index in [-0.39, 0.29) is 53.4 Å². The Morgan fingerprint density at radius 1 is 1.05 bits per heavy atom. The van der Waals surface area contributed by atoms with Crippen molar-refractivity contribution in [3.05, 3.63) is 47.3 Å². The number of ether oxygens (including phenoxy) is 3. The third-order valence-electron chi connectivity index (χ3n) is 9.27. The molecule has 6 atom stereocenters. The highest BCUT2D eigenvalue weighted by molar-refractivity contribution is 7.38. The van der Waals surface area contributed by atoms with E-state index in [1.807, 2.05) is 13.8 Å². The number of amides is 2. The molecular formula is C32H42FN3O6P2. The van der Waals surface area contributed by atoms with Crippen molar-refractivity contribution in [2.24, 2.45) is 23.7 Å². The van der Waals surface area contributed by atoms with Crippen molar-refractivity contribution >= 4 is 42.0 Å². The molecule has 2 unspecified atom stereocenters. The molecule has 0 saturated heterocycles. The van der Waals surface area contributed by atoms with E-state index in [1.54, 1.807) is 18.2 Å². The molecule has 3 aliphatic carbocycles. The molecule has 0 spiro atoms. The number of rotatable bonds is 10. The number of alkyl halides is 1. The molecule has 0 aliphatic heterocycles. The first-order valence-corrected chi connectivity index (χ1v) is 16.5. The summed E-state index contributed by atoms with van der Waals surface area (Å²) in [5.41, 5.74) is 1.81. The van der Waals surface area contributed by atoms with Crippen molar-refractivity contribution in [1.29, 1.82) is 0 Å². The molecule has 1 aromatic heterocycles. The van der Waals surface area contributed by atoms with E-state index in [0.29, 0.717) is 42.2 Å². The van der Waals surface area contributed by atoms with E-state index in [9.17, 15) is 18.8 Å². The molecule has 2 amide bonds. The second kappa shape index (κ2) is 13.7. The Hall–Kier alpha value is -2.83. The molecular weight excluding hydrogens is 603 g/mol. The first kappa shape index (κ1) is 32.6. The fourth-order valence-electron chi connectivity index (χ4n) is 7.04. The first-order valence-electron chi connectivity index (χ1n) is 15.3. The lowest BCUT2D eigenvalue weighted by Gasteiger charge is -2.31. The molecule has 44 heavy (non-hydrogen) atoms. The number of aromatic nitrogens is 1. The van der Waals surface area contributed by atoms with Gasteiger partial charge in [-0.05, 0) is 100 Å². The van der Waals surface area contributed by atoms with E-state index < -0.39 is 11.1 Å². The molecule has 2 N–H and O–H groups in total. The monoisotopic (exact) mass is 645 g/mol. The molecule has 3 fully saturated rings. The number of fused-ring (bicyclic) bond motifs is 2. The van der Waals surface area contributed by atoms with E-state index in [1.165, 1.54) is 19.4 Å². The summed E-state index contributed by atoms with van der Waals surface area (Å²) >= 11 is 0. The van der Waals surface area contributed by atoms with Crippen LogP contribution in [-0.4, -0.2) is 48.6 Å². The Bertz CT molecular complexity index is 1390.